The highest BCUT2D eigenvalue weighted by molar-refractivity contribution is 6.00. The van der Waals surface area contributed by atoms with Crippen LogP contribution in [0.15, 0.2) is 83.8 Å². The van der Waals surface area contributed by atoms with Gasteiger partial charge in [0.2, 0.25) is 11.8 Å². The smallest absolute Gasteiger partial charge is 0.329 e. The van der Waals surface area contributed by atoms with Gasteiger partial charge in [-0.1, -0.05) is 24.3 Å². The van der Waals surface area contributed by atoms with Crippen LogP contribution in [-0.4, -0.2) is 91.3 Å². The van der Waals surface area contributed by atoms with Crippen LogP contribution in [0.5, 0.6) is 5.75 Å². The van der Waals surface area contributed by atoms with E-state index in [0.29, 0.717) is 23.4 Å². The molecule has 0 bridgehead atoms. The highest BCUT2D eigenvalue weighted by Gasteiger charge is 2.32. The number of hydrogen-bond acceptors (Lipinski definition) is 10. The average molecular weight is 759 g/mol. The number of amides is 2. The summed E-state index contributed by atoms with van der Waals surface area (Å²) >= 11 is 0. The second-order valence-electron chi connectivity index (χ2n) is 14.7. The molecule has 2 atom stereocenters. The van der Waals surface area contributed by atoms with Crippen molar-refractivity contribution in [1.82, 2.24) is 38.9 Å². The number of carbonyl (C=O) groups excluding carboxylic acids is 2. The van der Waals surface area contributed by atoms with Crippen LogP contribution in [0.3, 0.4) is 0 Å². The number of aryl methyl sites for hydroxylation is 1. The lowest BCUT2D eigenvalue weighted by Crippen LogP contribution is -2.47. The number of para-hydroxylation sites is 1. The fraction of sp³-hybridized carbons (Fsp3) is 0.366. The minimum absolute atomic E-state index is 0.0636. The molecule has 288 valence electrons. The molecule has 56 heavy (non-hydrogen) atoms. The van der Waals surface area contributed by atoms with Gasteiger partial charge in [-0.25, -0.2) is 23.7 Å². The molecule has 2 amide bonds. The summed E-state index contributed by atoms with van der Waals surface area (Å²) in [5, 5.41) is 7.38. The van der Waals surface area contributed by atoms with Gasteiger partial charge in [0, 0.05) is 52.7 Å². The number of nitrogens with one attached hydrogen (secondary N) is 1. The van der Waals surface area contributed by atoms with E-state index in [1.165, 1.54) is 15.2 Å². The molecule has 7 heterocycles. The molecule has 0 spiro atoms. The summed E-state index contributed by atoms with van der Waals surface area (Å²) in [5.74, 6) is 1.32. The van der Waals surface area contributed by atoms with E-state index >= 15 is 0 Å². The van der Waals surface area contributed by atoms with Gasteiger partial charge in [-0.3, -0.25) is 28.9 Å². The number of imide groups is 1. The zero-order chi connectivity index (χ0) is 38.3. The predicted octanol–water partition coefficient (Wildman–Crippen LogP) is 4.49. The minimum atomic E-state index is -0.741. The molecule has 2 aromatic carbocycles. The molecule has 0 radical (unpaired) electrons. The predicted molar refractivity (Wildman–Crippen MR) is 209 cm³/mol. The molecule has 0 saturated carbocycles. The third kappa shape index (κ3) is 6.65. The van der Waals surface area contributed by atoms with Crippen molar-refractivity contribution in [2.75, 3.05) is 55.7 Å². The van der Waals surface area contributed by atoms with Crippen molar-refractivity contribution in [2.45, 2.75) is 44.2 Å². The molecule has 4 aromatic heterocycles. The first-order valence-electron chi connectivity index (χ1n) is 19.3. The van der Waals surface area contributed by atoms with Gasteiger partial charge in [0.1, 0.15) is 40.5 Å². The quantitative estimate of drug-likeness (QED) is 0.157. The molecular weight excluding hydrogens is 716 g/mol. The molecule has 3 saturated heterocycles. The zero-order valence-electron chi connectivity index (χ0n) is 31.2. The van der Waals surface area contributed by atoms with E-state index in [9.17, 15) is 18.8 Å². The van der Waals surface area contributed by atoms with Crippen molar-refractivity contribution in [3.63, 3.8) is 0 Å². The van der Waals surface area contributed by atoms with Crippen molar-refractivity contribution in [3.8, 4) is 17.1 Å². The number of hydrogen-bond donors (Lipinski definition) is 1. The number of imidazole rings is 2. The molecule has 0 aliphatic carbocycles. The van der Waals surface area contributed by atoms with Crippen molar-refractivity contribution in [3.05, 3.63) is 101 Å². The monoisotopic (exact) mass is 758 g/mol. The number of piperazine rings is 1. The lowest BCUT2D eigenvalue weighted by Gasteiger charge is -2.35. The highest BCUT2D eigenvalue weighted by atomic mass is 19.1. The number of rotatable bonds is 10. The Morgan fingerprint density at radius 2 is 1.73 bits per heavy atom. The van der Waals surface area contributed by atoms with Crippen LogP contribution in [0, 0.1) is 5.82 Å². The molecule has 15 heteroatoms. The maximum absolute atomic E-state index is 14.1. The lowest BCUT2D eigenvalue weighted by molar-refractivity contribution is -0.135. The van der Waals surface area contributed by atoms with E-state index in [1.54, 1.807) is 19.2 Å². The Labute approximate surface area is 322 Å². The molecule has 14 nitrogen and oxygen atoms in total. The molecule has 3 aliphatic heterocycles. The van der Waals surface area contributed by atoms with Gasteiger partial charge in [-0.05, 0) is 79.8 Å². The van der Waals surface area contributed by atoms with E-state index in [2.05, 4.69) is 25.0 Å². The van der Waals surface area contributed by atoms with E-state index in [-0.39, 0.29) is 36.3 Å². The number of benzene rings is 2. The number of pyridine rings is 1. The molecule has 9 rings (SSSR count). The number of aromatic nitrogens is 6. The fourth-order valence-electron chi connectivity index (χ4n) is 8.45. The number of nitrogens with zero attached hydrogens (tertiary/aromatic N) is 9. The van der Waals surface area contributed by atoms with Crippen molar-refractivity contribution < 1.29 is 18.7 Å². The van der Waals surface area contributed by atoms with Crippen LogP contribution in [0.2, 0.25) is 0 Å². The van der Waals surface area contributed by atoms with Crippen molar-refractivity contribution >= 4 is 40.1 Å². The number of ether oxygens (including phenoxy) is 1. The Kier molecular flexibility index (Phi) is 9.45. The Hall–Kier alpha value is -6.09. The van der Waals surface area contributed by atoms with E-state index in [4.69, 9.17) is 14.8 Å². The number of anilines is 2. The Morgan fingerprint density at radius 1 is 0.893 bits per heavy atom. The number of carbonyl (C=O) groups is 2. The van der Waals surface area contributed by atoms with E-state index < -0.39 is 11.9 Å². The maximum Gasteiger partial charge on any atom is 0.329 e. The third-order valence-electron chi connectivity index (χ3n) is 11.3. The summed E-state index contributed by atoms with van der Waals surface area (Å²) in [6, 6.07) is 21.7. The molecule has 1 unspecified atom stereocenters. The SMILES string of the molecule is Cn1c(=O)n(C2CCC(=O)NC2=O)c2cccc(OCCCN3CCN(c4cccc(-c5cnc6ccc(N7CCC[C@@H]7c7cccc(F)c7)nn56)n4)CC3)c21. The van der Waals surface area contributed by atoms with Crippen LogP contribution >= 0.6 is 0 Å². The van der Waals surface area contributed by atoms with Crippen LogP contribution in [0.25, 0.3) is 28.1 Å². The first-order chi connectivity index (χ1) is 27.3. The van der Waals surface area contributed by atoms with Crippen LogP contribution in [0.1, 0.15) is 49.8 Å². The van der Waals surface area contributed by atoms with Gasteiger partial charge in [0.05, 0.1) is 30.1 Å². The second kappa shape index (κ2) is 14.9. The topological polar surface area (TPSA) is 135 Å². The summed E-state index contributed by atoms with van der Waals surface area (Å²) in [6.07, 6.45) is 5.04. The van der Waals surface area contributed by atoms with E-state index in [1.807, 2.05) is 65.3 Å². The van der Waals surface area contributed by atoms with Gasteiger partial charge in [-0.15, -0.1) is 5.10 Å². The molecular formula is C41H43FN10O4. The largest absolute Gasteiger partial charge is 0.491 e. The first kappa shape index (κ1) is 35.6. The number of piperidine rings is 1. The molecule has 3 fully saturated rings. The molecule has 6 aromatic rings. The number of fused-ring (bicyclic) bond motifs is 2. The highest BCUT2D eigenvalue weighted by Crippen LogP contribution is 2.36. The van der Waals surface area contributed by atoms with Crippen molar-refractivity contribution in [1.29, 1.82) is 0 Å². The normalized spacial score (nSPS) is 19.3. The second-order valence-corrected chi connectivity index (χ2v) is 14.7. The summed E-state index contributed by atoms with van der Waals surface area (Å²) in [7, 11) is 1.68. The van der Waals surface area contributed by atoms with Gasteiger partial charge in [0.25, 0.3) is 0 Å². The van der Waals surface area contributed by atoms with Crippen LogP contribution in [0.4, 0.5) is 16.0 Å². The van der Waals surface area contributed by atoms with Crippen LogP contribution < -0.4 is 25.5 Å². The Bertz CT molecular complexity index is 2500. The summed E-state index contributed by atoms with van der Waals surface area (Å²) < 4.78 is 25.2. The van der Waals surface area contributed by atoms with Gasteiger partial charge < -0.3 is 14.5 Å². The Morgan fingerprint density at radius 3 is 2.57 bits per heavy atom. The Balaban J connectivity index is 0.822. The van der Waals surface area contributed by atoms with Gasteiger partial charge >= 0.3 is 5.69 Å². The van der Waals surface area contributed by atoms with Crippen molar-refractivity contribution in [2.24, 2.45) is 7.05 Å². The fourth-order valence-corrected chi connectivity index (χ4v) is 8.45. The summed E-state index contributed by atoms with van der Waals surface area (Å²) in [5.41, 5.74) is 4.23. The molecule has 3 aliphatic rings. The third-order valence-corrected chi connectivity index (χ3v) is 11.3. The first-order valence-corrected chi connectivity index (χ1v) is 19.3. The molecule has 1 N–H and O–H groups in total. The minimum Gasteiger partial charge on any atom is -0.491 e. The van der Waals surface area contributed by atoms with Gasteiger partial charge in [0.15, 0.2) is 5.65 Å². The zero-order valence-corrected chi connectivity index (χ0v) is 31.2. The van der Waals surface area contributed by atoms with Gasteiger partial charge in [-0.2, -0.15) is 0 Å². The standard InChI is InChI=1S/C41H43FN10O4/c1-47-39-31(51(41(47)55)32-14-17-38(53)45-40(32)54)10-4-12-34(39)56-24-6-18-48-20-22-49(23-21-48)36-13-3-9-29(44-36)33-26-43-35-15-16-37(46-52(33)35)50-19-5-11-30(50)27-7-2-8-28(42)25-27/h2-4,7-10,12-13,15-16,25-26,30,32H,5-6,11,14,17-24H2,1H3,(H,45,53,54)/t30-,32?/m1/s1. The van der Waals surface area contributed by atoms with E-state index in [0.717, 1.165) is 92.8 Å². The average Bonchev–Trinajstić information content (AvgIpc) is 3.94. The summed E-state index contributed by atoms with van der Waals surface area (Å²) in [6.45, 7) is 5.61. The lowest BCUT2D eigenvalue weighted by atomic mass is 10.0. The van der Waals surface area contributed by atoms with Crippen LogP contribution in [-0.2, 0) is 16.6 Å². The number of halogens is 1. The maximum atomic E-state index is 14.1. The summed E-state index contributed by atoms with van der Waals surface area (Å²) in [4.78, 5) is 54.2.